The van der Waals surface area contributed by atoms with Crippen molar-refractivity contribution in [3.63, 3.8) is 0 Å². The average Bonchev–Trinajstić information content (AvgIpc) is 2.37. The van der Waals surface area contributed by atoms with Crippen molar-refractivity contribution in [2.75, 3.05) is 11.9 Å². The number of hydrogen-bond donors (Lipinski definition) is 1. The Morgan fingerprint density at radius 2 is 1.69 bits per heavy atom. The Morgan fingerprint density at radius 3 is 2.44 bits per heavy atom. The second-order valence-electron chi connectivity index (χ2n) is 3.75. The normalized spacial score (nSPS) is 10.0. The van der Waals surface area contributed by atoms with Crippen LogP contribution in [0.5, 0.6) is 0 Å². The lowest BCUT2D eigenvalue weighted by Gasteiger charge is -2.05. The maximum absolute atomic E-state index is 3.98. The molecule has 0 aliphatic rings. The first-order valence-corrected chi connectivity index (χ1v) is 5.63. The Balaban J connectivity index is 1.70. The van der Waals surface area contributed by atoms with E-state index in [1.165, 1.54) is 5.56 Å². The molecule has 1 N–H and O–H groups in total. The van der Waals surface area contributed by atoms with Crippen LogP contribution in [0.4, 0.5) is 5.69 Å². The second-order valence-corrected chi connectivity index (χ2v) is 3.75. The van der Waals surface area contributed by atoms with Crippen LogP contribution in [-0.4, -0.2) is 11.5 Å². The standard InChI is InChI=1S/C14H16N2/c1-2-5-13(6-3-1)7-4-10-16-14-8-11-15-12-9-14/h1-3,5-6,8-9,11-12H,4,7,10H2,(H,15,16). The van der Waals surface area contributed by atoms with Gasteiger partial charge in [-0.15, -0.1) is 0 Å². The predicted octanol–water partition coefficient (Wildman–Crippen LogP) is 3.13. The number of aromatic nitrogens is 1. The van der Waals surface area contributed by atoms with Crippen molar-refractivity contribution in [2.24, 2.45) is 0 Å². The summed E-state index contributed by atoms with van der Waals surface area (Å²) in [5.41, 5.74) is 2.54. The minimum atomic E-state index is 0.999. The van der Waals surface area contributed by atoms with Crippen molar-refractivity contribution >= 4 is 5.69 Å². The maximum Gasteiger partial charge on any atom is 0.0371 e. The lowest BCUT2D eigenvalue weighted by atomic mass is 10.1. The number of nitrogens with zero attached hydrogens (tertiary/aromatic N) is 1. The fraction of sp³-hybridized carbons (Fsp3) is 0.214. The zero-order valence-corrected chi connectivity index (χ0v) is 9.26. The predicted molar refractivity (Wildman–Crippen MR) is 67.5 cm³/mol. The molecule has 0 atom stereocenters. The number of aryl methyl sites for hydroxylation is 1. The fourth-order valence-corrected chi connectivity index (χ4v) is 1.64. The Bertz CT molecular complexity index is 356. The van der Waals surface area contributed by atoms with Gasteiger partial charge in [0.05, 0.1) is 0 Å². The van der Waals surface area contributed by atoms with Crippen LogP contribution in [0.3, 0.4) is 0 Å². The van der Waals surface area contributed by atoms with E-state index in [2.05, 4.69) is 40.6 Å². The first kappa shape index (κ1) is 10.7. The summed E-state index contributed by atoms with van der Waals surface area (Å²) >= 11 is 0. The Labute approximate surface area is 96.4 Å². The van der Waals surface area contributed by atoms with Crippen LogP contribution in [-0.2, 0) is 6.42 Å². The summed E-state index contributed by atoms with van der Waals surface area (Å²) in [6.45, 7) is 0.999. The maximum atomic E-state index is 3.98. The quantitative estimate of drug-likeness (QED) is 0.770. The van der Waals surface area contributed by atoms with Gasteiger partial charge in [0, 0.05) is 24.6 Å². The third-order valence-corrected chi connectivity index (χ3v) is 2.49. The summed E-state index contributed by atoms with van der Waals surface area (Å²) in [6.07, 6.45) is 5.88. The lowest BCUT2D eigenvalue weighted by molar-refractivity contribution is 0.863. The van der Waals surface area contributed by atoms with E-state index in [0.717, 1.165) is 25.1 Å². The molecule has 0 aliphatic heterocycles. The van der Waals surface area contributed by atoms with E-state index in [9.17, 15) is 0 Å². The highest BCUT2D eigenvalue weighted by Gasteiger charge is 1.92. The van der Waals surface area contributed by atoms with Gasteiger partial charge in [-0.1, -0.05) is 30.3 Å². The average molecular weight is 212 g/mol. The molecular formula is C14H16N2. The van der Waals surface area contributed by atoms with Crippen LogP contribution in [0.2, 0.25) is 0 Å². The molecule has 0 unspecified atom stereocenters. The first-order valence-electron chi connectivity index (χ1n) is 5.63. The Morgan fingerprint density at radius 1 is 0.938 bits per heavy atom. The molecule has 0 saturated carbocycles. The number of nitrogens with one attached hydrogen (secondary N) is 1. The van der Waals surface area contributed by atoms with Gasteiger partial charge >= 0.3 is 0 Å². The fourth-order valence-electron chi connectivity index (χ4n) is 1.64. The molecule has 16 heavy (non-hydrogen) atoms. The molecule has 2 heteroatoms. The lowest BCUT2D eigenvalue weighted by Crippen LogP contribution is -2.02. The van der Waals surface area contributed by atoms with Crippen LogP contribution in [0.1, 0.15) is 12.0 Å². The molecule has 0 radical (unpaired) electrons. The monoisotopic (exact) mass is 212 g/mol. The molecule has 0 saturated heterocycles. The van der Waals surface area contributed by atoms with E-state index < -0.39 is 0 Å². The zero-order valence-electron chi connectivity index (χ0n) is 9.26. The van der Waals surface area contributed by atoms with Gasteiger partial charge in [0.25, 0.3) is 0 Å². The van der Waals surface area contributed by atoms with E-state index in [1.807, 2.05) is 12.1 Å². The van der Waals surface area contributed by atoms with Gasteiger partial charge in [0.1, 0.15) is 0 Å². The van der Waals surface area contributed by atoms with Crippen LogP contribution in [0, 0.1) is 0 Å². The van der Waals surface area contributed by atoms with Crippen molar-refractivity contribution < 1.29 is 0 Å². The van der Waals surface area contributed by atoms with Gasteiger partial charge in [0.2, 0.25) is 0 Å². The van der Waals surface area contributed by atoms with Crippen molar-refractivity contribution in [1.29, 1.82) is 0 Å². The number of benzene rings is 1. The molecule has 0 aliphatic carbocycles. The zero-order chi connectivity index (χ0) is 11.1. The molecule has 2 rings (SSSR count). The highest BCUT2D eigenvalue weighted by atomic mass is 14.9. The second kappa shape index (κ2) is 5.91. The molecule has 0 bridgehead atoms. The summed E-state index contributed by atoms with van der Waals surface area (Å²) in [6, 6.07) is 14.6. The van der Waals surface area contributed by atoms with Crippen LogP contribution in [0.25, 0.3) is 0 Å². The molecular weight excluding hydrogens is 196 g/mol. The topological polar surface area (TPSA) is 24.9 Å². The summed E-state index contributed by atoms with van der Waals surface area (Å²) in [5.74, 6) is 0. The number of anilines is 1. The largest absolute Gasteiger partial charge is 0.385 e. The van der Waals surface area contributed by atoms with Crippen LogP contribution >= 0.6 is 0 Å². The van der Waals surface area contributed by atoms with Crippen molar-refractivity contribution in [2.45, 2.75) is 12.8 Å². The number of rotatable bonds is 5. The first-order chi connectivity index (χ1) is 7.95. The molecule has 0 amide bonds. The van der Waals surface area contributed by atoms with Crippen molar-refractivity contribution in [3.8, 4) is 0 Å². The van der Waals surface area contributed by atoms with E-state index in [0.29, 0.717) is 0 Å². The van der Waals surface area contributed by atoms with E-state index in [-0.39, 0.29) is 0 Å². The van der Waals surface area contributed by atoms with Crippen LogP contribution < -0.4 is 5.32 Å². The van der Waals surface area contributed by atoms with E-state index in [4.69, 9.17) is 0 Å². The van der Waals surface area contributed by atoms with Gasteiger partial charge in [0.15, 0.2) is 0 Å². The molecule has 0 spiro atoms. The molecule has 2 aromatic rings. The minimum Gasteiger partial charge on any atom is -0.385 e. The molecule has 0 fully saturated rings. The van der Waals surface area contributed by atoms with E-state index in [1.54, 1.807) is 12.4 Å². The van der Waals surface area contributed by atoms with Crippen LogP contribution in [0.15, 0.2) is 54.9 Å². The molecule has 1 aromatic carbocycles. The number of pyridine rings is 1. The molecule has 82 valence electrons. The highest BCUT2D eigenvalue weighted by molar-refractivity contribution is 5.40. The smallest absolute Gasteiger partial charge is 0.0371 e. The number of hydrogen-bond acceptors (Lipinski definition) is 2. The Kier molecular flexibility index (Phi) is 3.94. The molecule has 1 aromatic heterocycles. The molecule has 2 nitrogen and oxygen atoms in total. The third-order valence-electron chi connectivity index (χ3n) is 2.49. The van der Waals surface area contributed by atoms with Crippen molar-refractivity contribution in [3.05, 3.63) is 60.4 Å². The van der Waals surface area contributed by atoms with Gasteiger partial charge < -0.3 is 5.32 Å². The summed E-state index contributed by atoms with van der Waals surface area (Å²) in [4.78, 5) is 3.98. The van der Waals surface area contributed by atoms with E-state index >= 15 is 0 Å². The third kappa shape index (κ3) is 3.39. The molecule has 1 heterocycles. The SMILES string of the molecule is c1ccc(CCCNc2ccncc2)cc1. The van der Waals surface area contributed by atoms with Gasteiger partial charge in [-0.05, 0) is 30.5 Å². The minimum absolute atomic E-state index is 0.999. The van der Waals surface area contributed by atoms with Crippen molar-refractivity contribution in [1.82, 2.24) is 4.98 Å². The highest BCUT2D eigenvalue weighted by Crippen LogP contribution is 2.05. The van der Waals surface area contributed by atoms with Gasteiger partial charge in [-0.25, -0.2) is 0 Å². The Hall–Kier alpha value is -1.83. The summed E-state index contributed by atoms with van der Waals surface area (Å²) in [7, 11) is 0. The van der Waals surface area contributed by atoms with Gasteiger partial charge in [-0.2, -0.15) is 0 Å². The summed E-state index contributed by atoms with van der Waals surface area (Å²) in [5, 5.41) is 3.37. The van der Waals surface area contributed by atoms with Gasteiger partial charge in [-0.3, -0.25) is 4.98 Å². The summed E-state index contributed by atoms with van der Waals surface area (Å²) < 4.78 is 0.